The van der Waals surface area contributed by atoms with Gasteiger partial charge in [0.15, 0.2) is 0 Å². The van der Waals surface area contributed by atoms with E-state index >= 15 is 0 Å². The van der Waals surface area contributed by atoms with Gasteiger partial charge in [-0.3, -0.25) is 0 Å². The van der Waals surface area contributed by atoms with Gasteiger partial charge in [-0.1, -0.05) is 200 Å². The smallest absolute Gasteiger partial charge is 0.0725 e. The summed E-state index contributed by atoms with van der Waals surface area (Å²) in [6, 6.07) is 87.5. The molecule has 0 saturated carbocycles. The van der Waals surface area contributed by atoms with Crippen LogP contribution in [0.15, 0.2) is 237 Å². The van der Waals surface area contributed by atoms with Crippen LogP contribution < -0.4 is 4.90 Å². The minimum atomic E-state index is -0.324. The molecule has 1 nitrogen and oxygen atoms in total. The fraction of sp³-hybridized carbons (Fsp3) is 0.0323. The molecule has 294 valence electrons. The van der Waals surface area contributed by atoms with Gasteiger partial charge in [-0.25, -0.2) is 0 Å². The number of nitrogens with zero attached hydrogens (tertiary/aromatic N) is 1. The molecule has 13 rings (SSSR count). The summed E-state index contributed by atoms with van der Waals surface area (Å²) in [4.78, 5) is 2.39. The van der Waals surface area contributed by atoms with Gasteiger partial charge in [0.2, 0.25) is 0 Å². The third-order valence-electron chi connectivity index (χ3n) is 14.0. The Morgan fingerprint density at radius 2 is 0.778 bits per heavy atom. The number of benzene rings is 10. The van der Waals surface area contributed by atoms with E-state index in [-0.39, 0.29) is 5.41 Å². The predicted octanol–water partition coefficient (Wildman–Crippen LogP) is 16.1. The van der Waals surface area contributed by atoms with Crippen molar-refractivity contribution in [1.82, 2.24) is 0 Å². The number of para-hydroxylation sites is 1. The highest BCUT2D eigenvalue weighted by Gasteiger charge is 2.52. The third kappa shape index (κ3) is 5.30. The van der Waals surface area contributed by atoms with Gasteiger partial charge < -0.3 is 4.90 Å². The van der Waals surface area contributed by atoms with E-state index in [0.717, 1.165) is 23.5 Å². The van der Waals surface area contributed by atoms with E-state index in [1.165, 1.54) is 100 Å². The first-order valence-corrected chi connectivity index (χ1v) is 22.1. The standard InChI is InChI=1S/C62H41N/c1-3-15-41(16-4-1)42-29-33-47(34-30-42)63(60-26-14-10-19-49(60)44-17-5-2-6-18-44)48-35-31-43(32-36-48)45-27-28-46-40-55-50(54(46)39-45)37-38-59-61(55)53-22-9-13-25-58(53)62(59)56-23-11-7-20-51(56)52-21-8-12-24-57(52)62/h1-39H,40H2. The van der Waals surface area contributed by atoms with Gasteiger partial charge in [-0.15, -0.1) is 0 Å². The molecule has 0 heterocycles. The van der Waals surface area contributed by atoms with Gasteiger partial charge in [-0.2, -0.15) is 0 Å². The fourth-order valence-electron chi connectivity index (χ4n) is 11.2. The lowest BCUT2D eigenvalue weighted by atomic mass is 9.70. The van der Waals surface area contributed by atoms with Crippen molar-refractivity contribution in [3.63, 3.8) is 0 Å². The number of hydrogen-bond acceptors (Lipinski definition) is 1. The molecule has 0 amide bonds. The lowest BCUT2D eigenvalue weighted by molar-refractivity contribution is 0.793. The highest BCUT2D eigenvalue weighted by atomic mass is 15.1. The predicted molar refractivity (Wildman–Crippen MR) is 262 cm³/mol. The fourth-order valence-corrected chi connectivity index (χ4v) is 11.2. The van der Waals surface area contributed by atoms with Gasteiger partial charge in [0.05, 0.1) is 11.1 Å². The van der Waals surface area contributed by atoms with Crippen LogP contribution in [-0.2, 0) is 11.8 Å². The summed E-state index contributed by atoms with van der Waals surface area (Å²) in [6.45, 7) is 0. The summed E-state index contributed by atoms with van der Waals surface area (Å²) in [5, 5.41) is 0. The molecule has 0 N–H and O–H groups in total. The Hall–Kier alpha value is -8.00. The molecule has 0 atom stereocenters. The van der Waals surface area contributed by atoms with E-state index in [4.69, 9.17) is 0 Å². The molecule has 10 aromatic carbocycles. The van der Waals surface area contributed by atoms with Gasteiger partial charge in [0.1, 0.15) is 0 Å². The maximum absolute atomic E-state index is 2.46. The van der Waals surface area contributed by atoms with Crippen LogP contribution in [0.4, 0.5) is 17.1 Å². The molecule has 3 aliphatic rings. The van der Waals surface area contributed by atoms with Crippen molar-refractivity contribution >= 4 is 17.1 Å². The van der Waals surface area contributed by atoms with Gasteiger partial charge in [0.25, 0.3) is 0 Å². The van der Waals surface area contributed by atoms with Crippen molar-refractivity contribution in [2.75, 3.05) is 4.90 Å². The summed E-state index contributed by atoms with van der Waals surface area (Å²) in [5.41, 5.74) is 26.9. The molecule has 63 heavy (non-hydrogen) atoms. The largest absolute Gasteiger partial charge is 0.310 e. The van der Waals surface area contributed by atoms with Crippen LogP contribution in [0.25, 0.3) is 66.8 Å². The summed E-state index contributed by atoms with van der Waals surface area (Å²) in [7, 11) is 0. The number of rotatable bonds is 6. The third-order valence-corrected chi connectivity index (χ3v) is 14.0. The summed E-state index contributed by atoms with van der Waals surface area (Å²) in [5.74, 6) is 0. The second-order valence-electron chi connectivity index (χ2n) is 17.1. The van der Waals surface area contributed by atoms with E-state index in [1.54, 1.807) is 0 Å². The Kier molecular flexibility index (Phi) is 7.95. The monoisotopic (exact) mass is 799 g/mol. The van der Waals surface area contributed by atoms with Crippen LogP contribution in [0.5, 0.6) is 0 Å². The first-order chi connectivity index (χ1) is 31.3. The van der Waals surface area contributed by atoms with E-state index in [0.29, 0.717) is 0 Å². The van der Waals surface area contributed by atoms with Crippen molar-refractivity contribution in [3.8, 4) is 66.8 Å². The van der Waals surface area contributed by atoms with Crippen molar-refractivity contribution in [2.45, 2.75) is 11.8 Å². The normalized spacial score (nSPS) is 13.1. The van der Waals surface area contributed by atoms with Crippen molar-refractivity contribution in [2.24, 2.45) is 0 Å². The van der Waals surface area contributed by atoms with E-state index in [1.807, 2.05) is 0 Å². The lowest BCUT2D eigenvalue weighted by Gasteiger charge is -2.30. The van der Waals surface area contributed by atoms with E-state index in [9.17, 15) is 0 Å². The van der Waals surface area contributed by atoms with Crippen molar-refractivity contribution < 1.29 is 0 Å². The molecule has 10 aromatic rings. The SMILES string of the molecule is c1ccc(-c2ccc(N(c3ccc(-c4ccc5c(c4)-c4ccc6c(c4C5)-c4ccccc4C64c5ccccc5-c5ccccc54)cc3)c3ccccc3-c3ccccc3)cc2)cc1. The molecule has 0 radical (unpaired) electrons. The van der Waals surface area contributed by atoms with Crippen LogP contribution >= 0.6 is 0 Å². The summed E-state index contributed by atoms with van der Waals surface area (Å²) < 4.78 is 0. The molecule has 1 spiro atoms. The molecular formula is C62H41N. The average Bonchev–Trinajstić information content (AvgIpc) is 3.99. The molecule has 1 heteroatoms. The topological polar surface area (TPSA) is 3.24 Å². The van der Waals surface area contributed by atoms with Gasteiger partial charge in [0, 0.05) is 16.9 Å². The lowest BCUT2D eigenvalue weighted by Crippen LogP contribution is -2.25. The average molecular weight is 800 g/mol. The van der Waals surface area contributed by atoms with E-state index < -0.39 is 0 Å². The molecule has 0 fully saturated rings. The van der Waals surface area contributed by atoms with Gasteiger partial charge in [-0.05, 0) is 137 Å². The first kappa shape index (κ1) is 35.7. The minimum Gasteiger partial charge on any atom is -0.310 e. The second kappa shape index (κ2) is 14.0. The van der Waals surface area contributed by atoms with Crippen molar-refractivity contribution in [3.05, 3.63) is 270 Å². The summed E-state index contributed by atoms with van der Waals surface area (Å²) >= 11 is 0. The van der Waals surface area contributed by atoms with Crippen LogP contribution in [-0.4, -0.2) is 0 Å². The highest BCUT2D eigenvalue weighted by molar-refractivity contribution is 5.99. The Morgan fingerprint density at radius 3 is 1.41 bits per heavy atom. The Balaban J connectivity index is 0.899. The van der Waals surface area contributed by atoms with Crippen LogP contribution in [0, 0.1) is 0 Å². The zero-order valence-electron chi connectivity index (χ0n) is 34.7. The Bertz CT molecular complexity index is 3350. The number of anilines is 3. The zero-order chi connectivity index (χ0) is 41.5. The highest BCUT2D eigenvalue weighted by Crippen LogP contribution is 2.64. The minimum absolute atomic E-state index is 0.324. The van der Waals surface area contributed by atoms with Crippen LogP contribution in [0.2, 0.25) is 0 Å². The van der Waals surface area contributed by atoms with Crippen LogP contribution in [0.1, 0.15) is 33.4 Å². The molecule has 0 unspecified atom stereocenters. The number of hydrogen-bond donors (Lipinski definition) is 0. The maximum atomic E-state index is 2.46. The molecular weight excluding hydrogens is 759 g/mol. The molecule has 3 aliphatic carbocycles. The van der Waals surface area contributed by atoms with Crippen LogP contribution in [0.3, 0.4) is 0 Å². The van der Waals surface area contributed by atoms with Gasteiger partial charge >= 0.3 is 0 Å². The Morgan fingerprint density at radius 1 is 0.302 bits per heavy atom. The summed E-state index contributed by atoms with van der Waals surface area (Å²) in [6.07, 6.45) is 0.930. The Labute approximate surface area is 368 Å². The number of fused-ring (bicyclic) bond motifs is 14. The molecule has 0 saturated heterocycles. The molecule has 0 bridgehead atoms. The first-order valence-electron chi connectivity index (χ1n) is 22.1. The maximum Gasteiger partial charge on any atom is 0.0725 e. The van der Waals surface area contributed by atoms with Crippen molar-refractivity contribution in [1.29, 1.82) is 0 Å². The quantitative estimate of drug-likeness (QED) is 0.162. The molecule has 0 aromatic heterocycles. The second-order valence-corrected chi connectivity index (χ2v) is 17.1. The molecule has 0 aliphatic heterocycles. The van der Waals surface area contributed by atoms with E-state index in [2.05, 4.69) is 241 Å². The zero-order valence-corrected chi connectivity index (χ0v) is 34.7.